The normalized spacial score (nSPS) is 37.5. The molecule has 2 bridgehead atoms. The molecular weight excluding hydrogens is 433 g/mol. The zero-order valence-electron chi connectivity index (χ0n) is 11.9. The summed E-state index contributed by atoms with van der Waals surface area (Å²) in [4.78, 5) is 0. The van der Waals surface area contributed by atoms with Crippen LogP contribution in [-0.4, -0.2) is 5.11 Å². The molecule has 2 aromatic rings. The molecular formula is C18H17HgO. The molecule has 20 heavy (non-hydrogen) atoms. The van der Waals surface area contributed by atoms with Gasteiger partial charge in [-0.3, -0.25) is 0 Å². The van der Waals surface area contributed by atoms with Gasteiger partial charge in [-0.2, -0.15) is 0 Å². The molecule has 4 unspecified atom stereocenters. The van der Waals surface area contributed by atoms with Gasteiger partial charge in [-0.25, -0.2) is 0 Å². The van der Waals surface area contributed by atoms with Crippen LogP contribution in [0.15, 0.2) is 48.5 Å². The summed E-state index contributed by atoms with van der Waals surface area (Å²) in [6.45, 7) is 4.40. The number of fused-ring (bicyclic) bond motifs is 7. The SMILES string of the molecule is CC1(O)c2ccccc2C2(C)c3ccccc3C1[CH]2[Hg]. The van der Waals surface area contributed by atoms with Gasteiger partial charge in [0.25, 0.3) is 0 Å². The molecule has 0 radical (unpaired) electrons. The van der Waals surface area contributed by atoms with Gasteiger partial charge in [0.15, 0.2) is 0 Å². The Morgan fingerprint density at radius 1 is 0.900 bits per heavy atom. The van der Waals surface area contributed by atoms with E-state index in [9.17, 15) is 5.11 Å². The van der Waals surface area contributed by atoms with Crippen LogP contribution in [0.5, 0.6) is 0 Å². The second-order valence-electron chi connectivity index (χ2n) is 6.57. The van der Waals surface area contributed by atoms with E-state index in [2.05, 4.69) is 55.5 Å². The maximum atomic E-state index is 11.3. The first-order valence-corrected chi connectivity index (χ1v) is 10.4. The molecule has 1 N–H and O–H groups in total. The summed E-state index contributed by atoms with van der Waals surface area (Å²) in [6.07, 6.45) is 0. The number of hydrogen-bond donors (Lipinski definition) is 1. The fraction of sp³-hybridized carbons (Fsp3) is 0.333. The van der Waals surface area contributed by atoms with Crippen LogP contribution in [0.3, 0.4) is 0 Å². The molecule has 0 aliphatic heterocycles. The molecule has 0 fully saturated rings. The first kappa shape index (κ1) is 13.0. The van der Waals surface area contributed by atoms with Crippen LogP contribution in [0, 0.1) is 0 Å². The van der Waals surface area contributed by atoms with Crippen molar-refractivity contribution in [2.75, 3.05) is 0 Å². The molecule has 2 heteroatoms. The third-order valence-corrected chi connectivity index (χ3v) is 10.6. The van der Waals surface area contributed by atoms with E-state index in [1.54, 1.807) is 0 Å². The Morgan fingerprint density at radius 2 is 1.45 bits per heavy atom. The summed E-state index contributed by atoms with van der Waals surface area (Å²) >= 11 is 0.610. The van der Waals surface area contributed by atoms with Crippen molar-refractivity contribution in [3.63, 3.8) is 0 Å². The van der Waals surface area contributed by atoms with Crippen LogP contribution < -0.4 is 0 Å². The third-order valence-electron chi connectivity index (χ3n) is 5.64. The first-order valence-electron chi connectivity index (χ1n) is 7.24. The third kappa shape index (κ3) is 1.31. The van der Waals surface area contributed by atoms with Gasteiger partial charge in [-0.1, -0.05) is 0 Å². The van der Waals surface area contributed by atoms with E-state index < -0.39 is 5.60 Å². The van der Waals surface area contributed by atoms with Gasteiger partial charge in [0.1, 0.15) is 0 Å². The number of aliphatic hydroxyl groups is 1. The Bertz CT molecular complexity index is 706. The summed E-state index contributed by atoms with van der Waals surface area (Å²) in [5, 5.41) is 11.3. The monoisotopic (exact) mass is 451 g/mol. The molecule has 0 saturated carbocycles. The van der Waals surface area contributed by atoms with Crippen LogP contribution in [-0.2, 0) is 37.1 Å². The predicted octanol–water partition coefficient (Wildman–Crippen LogP) is 3.65. The minimum atomic E-state index is -0.741. The molecule has 0 amide bonds. The van der Waals surface area contributed by atoms with E-state index in [4.69, 9.17) is 0 Å². The summed E-state index contributed by atoms with van der Waals surface area (Å²) < 4.78 is 0.602. The second-order valence-corrected chi connectivity index (χ2v) is 9.99. The Labute approximate surface area is 136 Å². The van der Waals surface area contributed by atoms with Gasteiger partial charge in [0, 0.05) is 0 Å². The molecule has 1 nitrogen and oxygen atoms in total. The van der Waals surface area contributed by atoms with E-state index in [0.717, 1.165) is 5.56 Å². The zero-order chi connectivity index (χ0) is 14.1. The van der Waals surface area contributed by atoms with E-state index in [0.29, 0.717) is 29.5 Å². The van der Waals surface area contributed by atoms with E-state index in [1.165, 1.54) is 16.7 Å². The van der Waals surface area contributed by atoms with Gasteiger partial charge in [0.05, 0.1) is 0 Å². The topological polar surface area (TPSA) is 20.2 Å². The average Bonchev–Trinajstić information content (AvgIpc) is 2.65. The molecule has 0 aromatic heterocycles. The van der Waals surface area contributed by atoms with Crippen molar-refractivity contribution in [1.82, 2.24) is 0 Å². The van der Waals surface area contributed by atoms with Crippen molar-refractivity contribution in [2.24, 2.45) is 0 Å². The Balaban J connectivity index is 2.16. The predicted molar refractivity (Wildman–Crippen MR) is 75.4 cm³/mol. The fourth-order valence-electron chi connectivity index (χ4n) is 4.58. The Hall–Kier alpha value is -0.665. The maximum absolute atomic E-state index is 11.3. The van der Waals surface area contributed by atoms with Crippen LogP contribution >= 0.6 is 0 Å². The van der Waals surface area contributed by atoms with E-state index in [1.807, 2.05) is 6.92 Å². The summed E-state index contributed by atoms with van der Waals surface area (Å²) in [6, 6.07) is 17.3. The van der Waals surface area contributed by atoms with E-state index in [-0.39, 0.29) is 11.3 Å². The number of benzene rings is 2. The van der Waals surface area contributed by atoms with Crippen molar-refractivity contribution in [3.05, 3.63) is 70.8 Å². The van der Waals surface area contributed by atoms with Gasteiger partial charge in [-0.15, -0.1) is 0 Å². The Morgan fingerprint density at radius 3 is 2.15 bits per heavy atom. The molecule has 2 aromatic carbocycles. The Kier molecular flexibility index (Phi) is 2.58. The van der Waals surface area contributed by atoms with Crippen molar-refractivity contribution in [2.45, 2.75) is 34.2 Å². The molecule has 4 atom stereocenters. The van der Waals surface area contributed by atoms with Crippen LogP contribution in [0.1, 0.15) is 42.0 Å². The van der Waals surface area contributed by atoms with Gasteiger partial charge in [0.2, 0.25) is 0 Å². The van der Waals surface area contributed by atoms with Crippen LogP contribution in [0.25, 0.3) is 0 Å². The molecule has 4 rings (SSSR count). The fourth-order valence-corrected chi connectivity index (χ4v) is 9.06. The minimum absolute atomic E-state index is 0.100. The molecule has 0 saturated heterocycles. The van der Waals surface area contributed by atoms with Gasteiger partial charge in [-0.05, 0) is 0 Å². The quantitative estimate of drug-likeness (QED) is 0.609. The summed E-state index contributed by atoms with van der Waals surface area (Å²) in [5.74, 6) is 0.266. The van der Waals surface area contributed by atoms with Crippen molar-refractivity contribution in [3.8, 4) is 0 Å². The average molecular weight is 450 g/mol. The van der Waals surface area contributed by atoms with Crippen molar-refractivity contribution in [1.29, 1.82) is 0 Å². The number of rotatable bonds is 0. The van der Waals surface area contributed by atoms with Crippen LogP contribution in [0.4, 0.5) is 0 Å². The van der Waals surface area contributed by atoms with Crippen molar-refractivity contribution < 1.29 is 31.2 Å². The van der Waals surface area contributed by atoms with Crippen molar-refractivity contribution >= 4 is 0 Å². The van der Waals surface area contributed by atoms with E-state index >= 15 is 0 Å². The van der Waals surface area contributed by atoms with Crippen LogP contribution in [0.2, 0.25) is 3.43 Å². The molecule has 0 heterocycles. The second kappa shape index (κ2) is 3.95. The van der Waals surface area contributed by atoms with Gasteiger partial charge < -0.3 is 0 Å². The molecule has 0 spiro atoms. The summed E-state index contributed by atoms with van der Waals surface area (Å²) in [7, 11) is 0. The number of hydrogen-bond acceptors (Lipinski definition) is 1. The molecule has 2 aliphatic carbocycles. The summed E-state index contributed by atoms with van der Waals surface area (Å²) in [5.41, 5.74) is 4.64. The zero-order valence-corrected chi connectivity index (χ0v) is 17.4. The first-order chi connectivity index (χ1) is 9.49. The molecule has 97 valence electrons. The molecule has 2 aliphatic rings. The van der Waals surface area contributed by atoms with Gasteiger partial charge >= 0.3 is 136 Å². The standard InChI is InChI=1S/C18H17O.Hg/c1-17-11-16(12-7-3-4-8-13(12)17)18(2,19)15-10-6-5-9-14(15)17;/h3-11,16,19H,1-2H3;.